The maximum atomic E-state index is 9.20. The summed E-state index contributed by atoms with van der Waals surface area (Å²) in [5.74, 6) is 0.515. The van der Waals surface area contributed by atoms with Gasteiger partial charge in [0, 0.05) is 24.4 Å². The highest BCUT2D eigenvalue weighted by molar-refractivity contribution is 7.09. The van der Waals surface area contributed by atoms with Crippen LogP contribution in [0.2, 0.25) is 0 Å². The minimum absolute atomic E-state index is 0.218. The Morgan fingerprint density at radius 3 is 2.62 bits per heavy atom. The number of aliphatic hydroxyl groups excluding tert-OH is 1. The summed E-state index contributed by atoms with van der Waals surface area (Å²) in [4.78, 5) is 6.79. The fourth-order valence-electron chi connectivity index (χ4n) is 1.42. The quantitative estimate of drug-likeness (QED) is 0.832. The molecule has 0 bridgehead atoms. The molecule has 3 nitrogen and oxygen atoms in total. The summed E-state index contributed by atoms with van der Waals surface area (Å²) in [6.45, 7) is 7.94. The molecule has 0 aromatic carbocycles. The highest BCUT2D eigenvalue weighted by Gasteiger charge is 2.08. The topological polar surface area (TPSA) is 36.4 Å². The zero-order chi connectivity index (χ0) is 12.1. The standard InChI is InChI=1S/C12H22N2OS/c1-9(2)12-13-11(8-16-12)7-14(4)6-5-10(3)15/h8-10,15H,5-7H2,1-4H3. The van der Waals surface area contributed by atoms with E-state index < -0.39 is 0 Å². The number of aromatic nitrogens is 1. The summed E-state index contributed by atoms with van der Waals surface area (Å²) in [5, 5.41) is 12.5. The number of aliphatic hydroxyl groups is 1. The lowest BCUT2D eigenvalue weighted by Crippen LogP contribution is -2.22. The lowest BCUT2D eigenvalue weighted by atomic mass is 10.2. The van der Waals surface area contributed by atoms with Gasteiger partial charge in [-0.15, -0.1) is 11.3 Å². The first kappa shape index (κ1) is 13.6. The van der Waals surface area contributed by atoms with Crippen LogP contribution in [0.15, 0.2) is 5.38 Å². The van der Waals surface area contributed by atoms with Crippen LogP contribution < -0.4 is 0 Å². The third-order valence-electron chi connectivity index (χ3n) is 2.42. The number of nitrogens with zero attached hydrogens (tertiary/aromatic N) is 2. The molecule has 1 aromatic heterocycles. The van der Waals surface area contributed by atoms with Crippen molar-refractivity contribution in [3.8, 4) is 0 Å². The highest BCUT2D eigenvalue weighted by atomic mass is 32.1. The lowest BCUT2D eigenvalue weighted by Gasteiger charge is -2.15. The Morgan fingerprint density at radius 2 is 2.12 bits per heavy atom. The van der Waals surface area contributed by atoms with Crippen LogP contribution in [0, 0.1) is 0 Å². The van der Waals surface area contributed by atoms with E-state index in [1.54, 1.807) is 11.3 Å². The SMILES string of the molecule is CC(O)CCN(C)Cc1csc(C(C)C)n1. The van der Waals surface area contributed by atoms with Crippen LogP contribution in [0.25, 0.3) is 0 Å². The molecule has 0 aliphatic carbocycles. The van der Waals surface area contributed by atoms with Crippen LogP contribution in [-0.2, 0) is 6.54 Å². The van der Waals surface area contributed by atoms with Gasteiger partial charge in [0.2, 0.25) is 0 Å². The lowest BCUT2D eigenvalue weighted by molar-refractivity contribution is 0.162. The van der Waals surface area contributed by atoms with E-state index in [4.69, 9.17) is 0 Å². The average Bonchev–Trinajstić information content (AvgIpc) is 2.63. The minimum Gasteiger partial charge on any atom is -0.393 e. The van der Waals surface area contributed by atoms with Gasteiger partial charge in [0.05, 0.1) is 16.8 Å². The van der Waals surface area contributed by atoms with Crippen molar-refractivity contribution in [1.82, 2.24) is 9.88 Å². The maximum absolute atomic E-state index is 9.20. The predicted molar refractivity (Wildman–Crippen MR) is 68.8 cm³/mol. The van der Waals surface area contributed by atoms with Gasteiger partial charge in [0.15, 0.2) is 0 Å². The summed E-state index contributed by atoms with van der Waals surface area (Å²) in [6.07, 6.45) is 0.599. The van der Waals surface area contributed by atoms with E-state index in [1.807, 2.05) is 6.92 Å². The number of hydrogen-bond donors (Lipinski definition) is 1. The molecule has 0 amide bonds. The smallest absolute Gasteiger partial charge is 0.0954 e. The van der Waals surface area contributed by atoms with Gasteiger partial charge in [0.1, 0.15) is 0 Å². The van der Waals surface area contributed by atoms with E-state index in [-0.39, 0.29) is 6.10 Å². The van der Waals surface area contributed by atoms with Gasteiger partial charge in [-0.2, -0.15) is 0 Å². The Bertz CT molecular complexity index is 310. The van der Waals surface area contributed by atoms with Crippen LogP contribution in [0.3, 0.4) is 0 Å². The zero-order valence-electron chi connectivity index (χ0n) is 10.6. The molecular weight excluding hydrogens is 220 g/mol. The van der Waals surface area contributed by atoms with Crippen LogP contribution >= 0.6 is 11.3 Å². The van der Waals surface area contributed by atoms with E-state index in [2.05, 4.69) is 36.2 Å². The van der Waals surface area contributed by atoms with Crippen molar-refractivity contribution in [1.29, 1.82) is 0 Å². The fourth-order valence-corrected chi connectivity index (χ4v) is 2.25. The largest absolute Gasteiger partial charge is 0.393 e. The van der Waals surface area contributed by atoms with Gasteiger partial charge < -0.3 is 10.0 Å². The summed E-state index contributed by atoms with van der Waals surface area (Å²) in [6, 6.07) is 0. The summed E-state index contributed by atoms with van der Waals surface area (Å²) < 4.78 is 0. The minimum atomic E-state index is -0.218. The molecule has 0 fully saturated rings. The molecule has 4 heteroatoms. The molecule has 0 saturated carbocycles. The van der Waals surface area contributed by atoms with E-state index in [1.165, 1.54) is 5.01 Å². The molecule has 1 N–H and O–H groups in total. The third-order valence-corrected chi connectivity index (χ3v) is 3.62. The predicted octanol–water partition coefficient (Wildman–Crippen LogP) is 2.47. The second-order valence-corrected chi connectivity index (χ2v) is 5.60. The summed E-state index contributed by atoms with van der Waals surface area (Å²) >= 11 is 1.74. The van der Waals surface area contributed by atoms with Crippen LogP contribution in [0.5, 0.6) is 0 Å². The first-order valence-corrected chi connectivity index (χ1v) is 6.68. The van der Waals surface area contributed by atoms with Crippen LogP contribution in [0.4, 0.5) is 0 Å². The van der Waals surface area contributed by atoms with Crippen molar-refractivity contribution >= 4 is 11.3 Å². The second kappa shape index (κ2) is 6.33. The van der Waals surface area contributed by atoms with Crippen LogP contribution in [0.1, 0.15) is 43.8 Å². The van der Waals surface area contributed by atoms with Crippen molar-refractivity contribution in [2.24, 2.45) is 0 Å². The highest BCUT2D eigenvalue weighted by Crippen LogP contribution is 2.19. The molecule has 0 saturated heterocycles. The molecule has 1 unspecified atom stereocenters. The third kappa shape index (κ3) is 4.60. The molecule has 16 heavy (non-hydrogen) atoms. The number of hydrogen-bond acceptors (Lipinski definition) is 4. The number of rotatable bonds is 6. The average molecular weight is 242 g/mol. The van der Waals surface area contributed by atoms with Gasteiger partial charge >= 0.3 is 0 Å². The molecule has 1 aromatic rings. The van der Waals surface area contributed by atoms with Crippen molar-refractivity contribution < 1.29 is 5.11 Å². The van der Waals surface area contributed by atoms with Gasteiger partial charge in [-0.05, 0) is 20.4 Å². The van der Waals surface area contributed by atoms with E-state index >= 15 is 0 Å². The van der Waals surface area contributed by atoms with Crippen molar-refractivity contribution in [3.63, 3.8) is 0 Å². The van der Waals surface area contributed by atoms with E-state index in [9.17, 15) is 5.11 Å². The Morgan fingerprint density at radius 1 is 1.44 bits per heavy atom. The van der Waals surface area contributed by atoms with Crippen molar-refractivity contribution in [2.75, 3.05) is 13.6 Å². The zero-order valence-corrected chi connectivity index (χ0v) is 11.4. The molecular formula is C12H22N2OS. The summed E-state index contributed by atoms with van der Waals surface area (Å²) in [5.41, 5.74) is 1.14. The molecule has 0 aliphatic heterocycles. The van der Waals surface area contributed by atoms with Gasteiger partial charge in [-0.3, -0.25) is 0 Å². The first-order valence-electron chi connectivity index (χ1n) is 5.80. The first-order chi connectivity index (χ1) is 7.49. The second-order valence-electron chi connectivity index (χ2n) is 4.71. The molecule has 0 aliphatic rings. The Labute approximate surface area is 102 Å². The Balaban J connectivity index is 2.40. The van der Waals surface area contributed by atoms with Crippen molar-refractivity contribution in [3.05, 3.63) is 16.1 Å². The molecule has 1 heterocycles. The van der Waals surface area contributed by atoms with E-state index in [0.29, 0.717) is 5.92 Å². The Kier molecular flexibility index (Phi) is 5.38. The molecule has 1 atom stereocenters. The normalized spacial score (nSPS) is 13.7. The monoisotopic (exact) mass is 242 g/mol. The van der Waals surface area contributed by atoms with E-state index in [0.717, 1.165) is 25.2 Å². The van der Waals surface area contributed by atoms with Gasteiger partial charge in [-0.25, -0.2) is 4.98 Å². The van der Waals surface area contributed by atoms with Crippen molar-refractivity contribution in [2.45, 2.75) is 45.8 Å². The van der Waals surface area contributed by atoms with Gasteiger partial charge in [0.25, 0.3) is 0 Å². The maximum Gasteiger partial charge on any atom is 0.0954 e. The van der Waals surface area contributed by atoms with Crippen LogP contribution in [-0.4, -0.2) is 34.7 Å². The fraction of sp³-hybridized carbons (Fsp3) is 0.750. The Hall–Kier alpha value is -0.450. The summed E-state index contributed by atoms with van der Waals surface area (Å²) in [7, 11) is 2.07. The molecule has 0 spiro atoms. The number of thiazole rings is 1. The molecule has 1 rings (SSSR count). The molecule has 92 valence electrons. The van der Waals surface area contributed by atoms with Gasteiger partial charge in [-0.1, -0.05) is 13.8 Å². The molecule has 0 radical (unpaired) electrons.